The lowest BCUT2D eigenvalue weighted by Crippen LogP contribution is -2.25. The van der Waals surface area contributed by atoms with Gasteiger partial charge in [0.25, 0.3) is 5.91 Å². The molecule has 1 N–H and O–H groups in total. The van der Waals surface area contributed by atoms with Gasteiger partial charge in [-0.1, -0.05) is 17.2 Å². The Morgan fingerprint density at radius 2 is 2.33 bits per heavy atom. The van der Waals surface area contributed by atoms with Crippen molar-refractivity contribution in [1.29, 1.82) is 0 Å². The Morgan fingerprint density at radius 1 is 1.53 bits per heavy atom. The highest BCUT2D eigenvalue weighted by atomic mass is 16.1. The molecular weight excluding hydrogens is 192 g/mol. The second-order valence-electron chi connectivity index (χ2n) is 3.49. The molecule has 15 heavy (non-hydrogen) atoms. The third kappa shape index (κ3) is 2.48. The number of azide groups is 1. The molecule has 5 heteroatoms. The number of carbonyl (C=O) groups excluding carboxylic acids is 1. The summed E-state index contributed by atoms with van der Waals surface area (Å²) in [5.74, 6) is -0.104. The Balaban J connectivity index is 2.15. The zero-order valence-corrected chi connectivity index (χ0v) is 8.05. The molecule has 1 fully saturated rings. The largest absolute Gasteiger partial charge is 0.349 e. The summed E-state index contributed by atoms with van der Waals surface area (Å²) in [5.41, 5.74) is 9.26. The van der Waals surface area contributed by atoms with Crippen molar-refractivity contribution in [2.24, 2.45) is 5.11 Å². The molecule has 1 aromatic carbocycles. The Kier molecular flexibility index (Phi) is 2.56. The standard InChI is InChI=1S/C10H10N4O/c11-14-13-9-3-1-2-7(6-9)10(15)12-8-4-5-8/h1-3,6,8H,4-5H2,(H,12,15). The summed E-state index contributed by atoms with van der Waals surface area (Å²) in [6, 6.07) is 6.98. The first-order valence-corrected chi connectivity index (χ1v) is 4.75. The summed E-state index contributed by atoms with van der Waals surface area (Å²) in [7, 11) is 0. The highest BCUT2D eigenvalue weighted by Crippen LogP contribution is 2.20. The van der Waals surface area contributed by atoms with Crippen molar-refractivity contribution in [3.8, 4) is 0 Å². The van der Waals surface area contributed by atoms with Crippen LogP contribution in [0.4, 0.5) is 5.69 Å². The van der Waals surface area contributed by atoms with E-state index in [0.717, 1.165) is 12.8 Å². The number of amides is 1. The maximum absolute atomic E-state index is 11.6. The lowest BCUT2D eigenvalue weighted by Gasteiger charge is -2.03. The molecule has 1 saturated carbocycles. The molecule has 0 unspecified atom stereocenters. The van der Waals surface area contributed by atoms with E-state index in [1.807, 2.05) is 0 Å². The molecule has 0 bridgehead atoms. The van der Waals surface area contributed by atoms with Crippen LogP contribution in [0.2, 0.25) is 0 Å². The number of nitrogens with zero attached hydrogens (tertiary/aromatic N) is 3. The fourth-order valence-electron chi connectivity index (χ4n) is 1.26. The Labute approximate surface area is 86.7 Å². The minimum absolute atomic E-state index is 0.104. The number of hydrogen-bond donors (Lipinski definition) is 1. The zero-order chi connectivity index (χ0) is 10.7. The summed E-state index contributed by atoms with van der Waals surface area (Å²) in [4.78, 5) is 14.3. The van der Waals surface area contributed by atoms with Gasteiger partial charge in [-0.15, -0.1) is 0 Å². The van der Waals surface area contributed by atoms with Gasteiger partial charge < -0.3 is 5.32 Å². The van der Waals surface area contributed by atoms with Crippen molar-refractivity contribution in [1.82, 2.24) is 5.32 Å². The van der Waals surface area contributed by atoms with Crippen LogP contribution in [0.3, 0.4) is 0 Å². The second kappa shape index (κ2) is 4.02. The lowest BCUT2D eigenvalue weighted by molar-refractivity contribution is 0.0951. The van der Waals surface area contributed by atoms with Crippen molar-refractivity contribution in [2.45, 2.75) is 18.9 Å². The van der Waals surface area contributed by atoms with Crippen LogP contribution < -0.4 is 5.32 Å². The molecule has 5 nitrogen and oxygen atoms in total. The summed E-state index contributed by atoms with van der Waals surface area (Å²) < 4.78 is 0. The molecule has 1 amide bonds. The monoisotopic (exact) mass is 202 g/mol. The predicted molar refractivity (Wildman–Crippen MR) is 55.7 cm³/mol. The van der Waals surface area contributed by atoms with E-state index in [-0.39, 0.29) is 5.91 Å². The molecule has 0 saturated heterocycles. The molecule has 0 aromatic heterocycles. The van der Waals surface area contributed by atoms with Crippen molar-refractivity contribution < 1.29 is 4.79 Å². The normalized spacial score (nSPS) is 14.1. The molecule has 0 radical (unpaired) electrons. The molecule has 1 aromatic rings. The van der Waals surface area contributed by atoms with E-state index in [1.54, 1.807) is 24.3 Å². The van der Waals surface area contributed by atoms with E-state index in [9.17, 15) is 4.79 Å². The van der Waals surface area contributed by atoms with Crippen LogP contribution in [0.5, 0.6) is 0 Å². The summed E-state index contributed by atoms with van der Waals surface area (Å²) in [6.07, 6.45) is 2.11. The van der Waals surface area contributed by atoms with Gasteiger partial charge in [0.1, 0.15) is 0 Å². The average Bonchev–Trinajstić information content (AvgIpc) is 3.03. The average molecular weight is 202 g/mol. The van der Waals surface area contributed by atoms with Crippen molar-refractivity contribution in [2.75, 3.05) is 0 Å². The van der Waals surface area contributed by atoms with Gasteiger partial charge in [-0.25, -0.2) is 0 Å². The molecule has 1 aliphatic carbocycles. The van der Waals surface area contributed by atoms with Gasteiger partial charge in [-0.05, 0) is 30.5 Å². The van der Waals surface area contributed by atoms with Crippen LogP contribution in [-0.4, -0.2) is 11.9 Å². The van der Waals surface area contributed by atoms with Crippen LogP contribution in [0.1, 0.15) is 23.2 Å². The van der Waals surface area contributed by atoms with Crippen LogP contribution in [0.25, 0.3) is 10.4 Å². The fraction of sp³-hybridized carbons (Fsp3) is 0.300. The van der Waals surface area contributed by atoms with Gasteiger partial charge in [0.15, 0.2) is 0 Å². The summed E-state index contributed by atoms with van der Waals surface area (Å²) in [6.45, 7) is 0. The van der Waals surface area contributed by atoms with Gasteiger partial charge in [0.05, 0.1) is 0 Å². The molecule has 2 rings (SSSR count). The predicted octanol–water partition coefficient (Wildman–Crippen LogP) is 2.52. The van der Waals surface area contributed by atoms with Crippen molar-refractivity contribution >= 4 is 11.6 Å². The first-order chi connectivity index (χ1) is 7.29. The maximum Gasteiger partial charge on any atom is 0.251 e. The summed E-state index contributed by atoms with van der Waals surface area (Å²) in [5, 5.41) is 6.31. The van der Waals surface area contributed by atoms with Crippen LogP contribution in [-0.2, 0) is 0 Å². The molecule has 76 valence electrons. The number of rotatable bonds is 3. The van der Waals surface area contributed by atoms with Gasteiger partial charge in [0.2, 0.25) is 0 Å². The van der Waals surface area contributed by atoms with Gasteiger partial charge in [-0.3, -0.25) is 4.79 Å². The summed E-state index contributed by atoms with van der Waals surface area (Å²) >= 11 is 0. The SMILES string of the molecule is [N-]=[N+]=Nc1cccc(C(=O)NC2CC2)c1. The third-order valence-corrected chi connectivity index (χ3v) is 2.18. The molecule has 0 spiro atoms. The van der Waals surface area contributed by atoms with E-state index >= 15 is 0 Å². The fourth-order valence-corrected chi connectivity index (χ4v) is 1.26. The second-order valence-corrected chi connectivity index (χ2v) is 3.49. The molecule has 0 atom stereocenters. The van der Waals surface area contributed by atoms with Crippen molar-refractivity contribution in [3.05, 3.63) is 40.3 Å². The highest BCUT2D eigenvalue weighted by Gasteiger charge is 2.23. The number of benzene rings is 1. The van der Waals surface area contributed by atoms with Crippen LogP contribution in [0, 0.1) is 0 Å². The maximum atomic E-state index is 11.6. The van der Waals surface area contributed by atoms with E-state index in [2.05, 4.69) is 15.3 Å². The first kappa shape index (κ1) is 9.55. The van der Waals surface area contributed by atoms with E-state index < -0.39 is 0 Å². The van der Waals surface area contributed by atoms with Crippen LogP contribution in [0.15, 0.2) is 29.4 Å². The van der Waals surface area contributed by atoms with Gasteiger partial charge in [0, 0.05) is 22.2 Å². The van der Waals surface area contributed by atoms with E-state index in [1.165, 1.54) is 0 Å². The van der Waals surface area contributed by atoms with Gasteiger partial charge in [-0.2, -0.15) is 0 Å². The lowest BCUT2D eigenvalue weighted by atomic mass is 10.2. The Bertz CT molecular complexity index is 433. The smallest absolute Gasteiger partial charge is 0.251 e. The number of nitrogens with one attached hydrogen (secondary N) is 1. The number of hydrogen-bond acceptors (Lipinski definition) is 2. The van der Waals surface area contributed by atoms with Gasteiger partial charge >= 0.3 is 0 Å². The van der Waals surface area contributed by atoms with E-state index in [4.69, 9.17) is 5.53 Å². The quantitative estimate of drug-likeness (QED) is 0.456. The molecule has 0 heterocycles. The Hall–Kier alpha value is -2.00. The number of carbonyl (C=O) groups is 1. The topological polar surface area (TPSA) is 77.9 Å². The third-order valence-electron chi connectivity index (χ3n) is 2.18. The molecule has 1 aliphatic rings. The molecular formula is C10H10N4O. The minimum Gasteiger partial charge on any atom is -0.349 e. The van der Waals surface area contributed by atoms with Crippen molar-refractivity contribution in [3.63, 3.8) is 0 Å². The van der Waals surface area contributed by atoms with E-state index in [0.29, 0.717) is 17.3 Å². The Morgan fingerprint density at radius 3 is 3.00 bits per heavy atom. The van der Waals surface area contributed by atoms with Crippen LogP contribution >= 0.6 is 0 Å². The first-order valence-electron chi connectivity index (χ1n) is 4.75. The minimum atomic E-state index is -0.104. The molecule has 0 aliphatic heterocycles. The zero-order valence-electron chi connectivity index (χ0n) is 8.05. The highest BCUT2D eigenvalue weighted by molar-refractivity contribution is 5.95.